The monoisotopic (exact) mass is 335 g/mol. The van der Waals surface area contributed by atoms with Crippen LogP contribution in [0.4, 0.5) is 0 Å². The molecule has 0 aliphatic heterocycles. The lowest BCUT2D eigenvalue weighted by molar-refractivity contribution is 0.0927. The molecule has 0 bridgehead atoms. The van der Waals surface area contributed by atoms with E-state index >= 15 is 0 Å². The van der Waals surface area contributed by atoms with Gasteiger partial charge in [0, 0.05) is 11.1 Å². The Morgan fingerprint density at radius 1 is 1.20 bits per heavy atom. The number of carbonyl (C=O) groups excluding carboxylic acids is 1. The zero-order chi connectivity index (χ0) is 17.4. The second-order valence-electron chi connectivity index (χ2n) is 6.35. The van der Waals surface area contributed by atoms with Crippen molar-refractivity contribution in [3.63, 3.8) is 0 Å². The van der Waals surface area contributed by atoms with E-state index in [9.17, 15) is 9.59 Å². The highest BCUT2D eigenvalue weighted by Crippen LogP contribution is 2.35. The smallest absolute Gasteiger partial charge is 0.345 e. The van der Waals surface area contributed by atoms with Crippen LogP contribution in [-0.2, 0) is 6.42 Å². The molecule has 126 valence electrons. The van der Waals surface area contributed by atoms with Gasteiger partial charge in [-0.1, -0.05) is 48.5 Å². The van der Waals surface area contributed by atoms with Gasteiger partial charge in [-0.05, 0) is 35.6 Å². The van der Waals surface area contributed by atoms with Crippen molar-refractivity contribution in [2.24, 2.45) is 5.92 Å². The van der Waals surface area contributed by atoms with Crippen molar-refractivity contribution in [1.29, 1.82) is 0 Å². The number of fused-ring (bicyclic) bond motifs is 1. The minimum absolute atomic E-state index is 0.0234. The summed E-state index contributed by atoms with van der Waals surface area (Å²) in [5.41, 5.74) is 3.74. The highest BCUT2D eigenvalue weighted by atomic mass is 16.5. The van der Waals surface area contributed by atoms with Crippen LogP contribution in [0.25, 0.3) is 11.4 Å². The molecule has 4 rings (SSSR count). The van der Waals surface area contributed by atoms with Crippen molar-refractivity contribution >= 4 is 5.91 Å². The zero-order valence-corrected chi connectivity index (χ0v) is 13.7. The van der Waals surface area contributed by atoms with Crippen LogP contribution in [0.15, 0.2) is 57.8 Å². The second kappa shape index (κ2) is 6.05. The molecule has 0 saturated carbocycles. The number of hydrogen-bond donors (Lipinski definition) is 2. The number of amides is 1. The van der Waals surface area contributed by atoms with Crippen molar-refractivity contribution in [2.45, 2.75) is 19.4 Å². The lowest BCUT2D eigenvalue weighted by Crippen LogP contribution is -2.30. The number of nitrogens with zero attached hydrogens (tertiary/aromatic N) is 1. The van der Waals surface area contributed by atoms with Gasteiger partial charge in [-0.3, -0.25) is 14.3 Å². The first-order valence-electron chi connectivity index (χ1n) is 8.17. The van der Waals surface area contributed by atoms with Crippen LogP contribution in [0.2, 0.25) is 0 Å². The number of nitrogens with one attached hydrogen (secondary N) is 2. The first-order valence-corrected chi connectivity index (χ1v) is 8.17. The number of H-pyrrole nitrogens is 1. The molecule has 1 aliphatic carbocycles. The molecule has 6 heteroatoms. The fourth-order valence-electron chi connectivity index (χ4n) is 3.37. The molecular weight excluding hydrogens is 318 g/mol. The Bertz CT molecular complexity index is 972. The van der Waals surface area contributed by atoms with E-state index in [1.165, 1.54) is 11.1 Å². The largest absolute Gasteiger partial charge is 0.439 e. The fourth-order valence-corrected chi connectivity index (χ4v) is 3.37. The van der Waals surface area contributed by atoms with E-state index in [1.807, 2.05) is 12.1 Å². The minimum Gasteiger partial charge on any atom is -0.345 e. The summed E-state index contributed by atoms with van der Waals surface area (Å²) in [7, 11) is 0. The van der Waals surface area contributed by atoms with E-state index in [1.54, 1.807) is 24.3 Å². The van der Waals surface area contributed by atoms with E-state index in [0.717, 1.165) is 6.42 Å². The van der Waals surface area contributed by atoms with Crippen molar-refractivity contribution in [2.75, 3.05) is 0 Å². The van der Waals surface area contributed by atoms with Gasteiger partial charge in [-0.15, -0.1) is 0 Å². The van der Waals surface area contributed by atoms with Crippen LogP contribution < -0.4 is 11.1 Å². The minimum atomic E-state index is -0.606. The van der Waals surface area contributed by atoms with Crippen molar-refractivity contribution < 1.29 is 9.32 Å². The number of carbonyl (C=O) groups is 1. The summed E-state index contributed by atoms with van der Waals surface area (Å²) in [5, 5.41) is 6.77. The molecule has 1 amide bonds. The Labute approximate surface area is 143 Å². The number of rotatable bonds is 3. The van der Waals surface area contributed by atoms with Crippen molar-refractivity contribution in [3.8, 4) is 11.4 Å². The summed E-state index contributed by atoms with van der Waals surface area (Å²) in [6, 6.07) is 15.1. The van der Waals surface area contributed by atoms with Gasteiger partial charge in [-0.25, -0.2) is 4.79 Å². The molecule has 3 aromatic rings. The quantitative estimate of drug-likeness (QED) is 0.770. The van der Waals surface area contributed by atoms with Crippen LogP contribution >= 0.6 is 0 Å². The summed E-state index contributed by atoms with van der Waals surface area (Å²) in [6.45, 7) is 2.15. The Hall–Kier alpha value is -3.15. The summed E-state index contributed by atoms with van der Waals surface area (Å²) < 4.78 is 4.49. The van der Waals surface area contributed by atoms with Gasteiger partial charge < -0.3 is 5.32 Å². The topological polar surface area (TPSA) is 88.0 Å². The maximum Gasteiger partial charge on any atom is 0.439 e. The maximum absolute atomic E-state index is 12.6. The summed E-state index contributed by atoms with van der Waals surface area (Å²) in [4.78, 5) is 26.1. The van der Waals surface area contributed by atoms with E-state index in [4.69, 9.17) is 0 Å². The lowest BCUT2D eigenvalue weighted by atomic mass is 10.0. The van der Waals surface area contributed by atoms with Crippen molar-refractivity contribution in [3.05, 3.63) is 75.8 Å². The first kappa shape index (κ1) is 15.4. The molecule has 1 aliphatic rings. The van der Waals surface area contributed by atoms with Gasteiger partial charge in [0.1, 0.15) is 0 Å². The molecule has 25 heavy (non-hydrogen) atoms. The molecule has 0 unspecified atom stereocenters. The SMILES string of the molecule is C[C@H]1Cc2ccccc2[C@H]1NC(=O)c1ccc(-c2noc(=O)[nH]2)cc1. The molecule has 2 N–H and O–H groups in total. The van der Waals surface area contributed by atoms with Crippen LogP contribution in [0.5, 0.6) is 0 Å². The number of hydrogen-bond acceptors (Lipinski definition) is 4. The van der Waals surface area contributed by atoms with E-state index in [2.05, 4.69) is 39.0 Å². The van der Waals surface area contributed by atoms with Gasteiger partial charge in [0.05, 0.1) is 6.04 Å². The van der Waals surface area contributed by atoms with Crippen LogP contribution in [0.1, 0.15) is 34.5 Å². The Morgan fingerprint density at radius 2 is 1.96 bits per heavy atom. The molecule has 2 aromatic carbocycles. The molecule has 1 heterocycles. The predicted octanol–water partition coefficient (Wildman–Crippen LogP) is 2.69. The summed E-state index contributed by atoms with van der Waals surface area (Å²) >= 11 is 0. The predicted molar refractivity (Wildman–Crippen MR) is 92.1 cm³/mol. The number of benzene rings is 2. The molecule has 0 spiro atoms. The number of aromatic nitrogens is 2. The normalized spacial score (nSPS) is 18.8. The highest BCUT2D eigenvalue weighted by molar-refractivity contribution is 5.95. The third kappa shape index (κ3) is 2.87. The molecule has 0 fully saturated rings. The first-order chi connectivity index (χ1) is 12.1. The van der Waals surface area contributed by atoms with E-state index in [-0.39, 0.29) is 11.9 Å². The molecule has 0 radical (unpaired) electrons. The van der Waals surface area contributed by atoms with Gasteiger partial charge in [0.15, 0.2) is 5.82 Å². The van der Waals surface area contributed by atoms with Gasteiger partial charge in [-0.2, -0.15) is 0 Å². The number of aromatic amines is 1. The molecule has 1 aromatic heterocycles. The van der Waals surface area contributed by atoms with E-state index < -0.39 is 5.76 Å². The fraction of sp³-hybridized carbons (Fsp3) is 0.211. The van der Waals surface area contributed by atoms with Crippen LogP contribution in [-0.4, -0.2) is 16.0 Å². The van der Waals surface area contributed by atoms with Gasteiger partial charge in [0.2, 0.25) is 0 Å². The Kier molecular flexibility index (Phi) is 3.72. The summed E-state index contributed by atoms with van der Waals surface area (Å²) in [6.07, 6.45) is 0.972. The third-order valence-electron chi connectivity index (χ3n) is 4.65. The van der Waals surface area contributed by atoms with Gasteiger partial charge in [0.25, 0.3) is 5.91 Å². The average molecular weight is 335 g/mol. The highest BCUT2D eigenvalue weighted by Gasteiger charge is 2.30. The maximum atomic E-state index is 12.6. The molecule has 0 saturated heterocycles. The zero-order valence-electron chi connectivity index (χ0n) is 13.7. The molecule has 6 nitrogen and oxygen atoms in total. The average Bonchev–Trinajstić information content (AvgIpc) is 3.19. The van der Waals surface area contributed by atoms with Crippen LogP contribution in [0, 0.1) is 5.92 Å². The summed E-state index contributed by atoms with van der Waals surface area (Å²) in [5.74, 6) is -0.0180. The van der Waals surface area contributed by atoms with Crippen molar-refractivity contribution in [1.82, 2.24) is 15.5 Å². The third-order valence-corrected chi connectivity index (χ3v) is 4.65. The Morgan fingerprint density at radius 3 is 2.68 bits per heavy atom. The standard InChI is InChI=1S/C19H17N3O3/c1-11-10-14-4-2-3-5-15(14)16(11)20-18(23)13-8-6-12(7-9-13)17-21-19(24)25-22-17/h2-9,11,16H,10H2,1H3,(H,20,23)(H,21,22,24)/t11-,16-/m0/s1. The Balaban J connectivity index is 1.53. The van der Waals surface area contributed by atoms with Crippen LogP contribution in [0.3, 0.4) is 0 Å². The van der Waals surface area contributed by atoms with Gasteiger partial charge >= 0.3 is 5.76 Å². The lowest BCUT2D eigenvalue weighted by Gasteiger charge is -2.19. The molecule has 2 atom stereocenters. The second-order valence-corrected chi connectivity index (χ2v) is 6.35. The van der Waals surface area contributed by atoms with E-state index in [0.29, 0.717) is 22.9 Å². The molecular formula is C19H17N3O3.